The van der Waals surface area contributed by atoms with E-state index in [4.69, 9.17) is 10.5 Å². The van der Waals surface area contributed by atoms with Crippen molar-refractivity contribution in [3.8, 4) is 5.75 Å². The largest absolute Gasteiger partial charge is 0.494 e. The number of hydrogen-bond acceptors (Lipinski definition) is 8. The zero-order chi connectivity index (χ0) is 14.8. The molecule has 0 aliphatic rings. The molecule has 10 nitrogen and oxygen atoms in total. The lowest BCUT2D eigenvalue weighted by Gasteiger charge is -2.02. The van der Waals surface area contributed by atoms with Gasteiger partial charge in [0.2, 0.25) is 0 Å². The summed E-state index contributed by atoms with van der Waals surface area (Å²) in [5.41, 5.74) is 5.51. The van der Waals surface area contributed by atoms with Gasteiger partial charge in [-0.15, -0.1) is 10.2 Å². The molecule has 0 saturated heterocycles. The van der Waals surface area contributed by atoms with Crippen molar-refractivity contribution in [2.45, 2.75) is 0 Å². The Kier molecular flexibility index (Phi) is 3.03. The average molecular weight is 286 g/mol. The van der Waals surface area contributed by atoms with Gasteiger partial charge >= 0.3 is 5.56 Å². The average Bonchev–Trinajstić information content (AvgIpc) is 2.95. The molecule has 0 atom stereocenters. The van der Waals surface area contributed by atoms with Crippen molar-refractivity contribution < 1.29 is 4.74 Å². The molecule has 3 N–H and O–H groups in total. The molecular formula is C11H10N8O2. The summed E-state index contributed by atoms with van der Waals surface area (Å²) < 4.78 is 6.16. The van der Waals surface area contributed by atoms with Crippen LogP contribution in [0.15, 0.2) is 39.3 Å². The van der Waals surface area contributed by atoms with E-state index in [1.807, 2.05) is 0 Å². The van der Waals surface area contributed by atoms with Crippen molar-refractivity contribution in [1.29, 1.82) is 0 Å². The number of H-pyrrole nitrogens is 1. The number of aromatic amines is 1. The number of benzene rings is 1. The van der Waals surface area contributed by atoms with Gasteiger partial charge in [0.25, 0.3) is 5.78 Å². The maximum absolute atomic E-state index is 12.1. The fourth-order valence-electron chi connectivity index (χ4n) is 1.70. The first-order valence-electron chi connectivity index (χ1n) is 5.84. The highest BCUT2D eigenvalue weighted by Crippen LogP contribution is 2.28. The number of methoxy groups -OCH3 is 1. The van der Waals surface area contributed by atoms with Gasteiger partial charge in [-0.25, -0.2) is 0 Å². The number of tetrazole rings is 1. The number of nitrogens with two attached hydrogens (primary N) is 1. The van der Waals surface area contributed by atoms with Gasteiger partial charge in [0, 0.05) is 0 Å². The highest BCUT2D eigenvalue weighted by atomic mass is 16.5. The number of rotatable bonds is 3. The van der Waals surface area contributed by atoms with Gasteiger partial charge < -0.3 is 10.5 Å². The zero-order valence-electron chi connectivity index (χ0n) is 10.9. The van der Waals surface area contributed by atoms with Crippen LogP contribution in [0.3, 0.4) is 0 Å². The van der Waals surface area contributed by atoms with Gasteiger partial charge in [-0.05, 0) is 17.3 Å². The zero-order valence-corrected chi connectivity index (χ0v) is 10.9. The molecule has 0 bridgehead atoms. The number of nitrogens with zero attached hydrogens (tertiary/aromatic N) is 6. The molecule has 3 aromatic rings. The first-order valence-corrected chi connectivity index (χ1v) is 5.84. The predicted molar refractivity (Wildman–Crippen MR) is 73.0 cm³/mol. The molecule has 106 valence electrons. The lowest BCUT2D eigenvalue weighted by Crippen LogP contribution is -2.16. The van der Waals surface area contributed by atoms with E-state index < -0.39 is 5.56 Å². The lowest BCUT2D eigenvalue weighted by molar-refractivity contribution is 0.416. The van der Waals surface area contributed by atoms with Crippen molar-refractivity contribution in [3.05, 3.63) is 34.6 Å². The summed E-state index contributed by atoms with van der Waals surface area (Å²) in [7, 11) is 1.52. The smallest absolute Gasteiger partial charge is 0.305 e. The lowest BCUT2D eigenvalue weighted by atomic mass is 10.3. The van der Waals surface area contributed by atoms with E-state index in [-0.39, 0.29) is 17.3 Å². The molecule has 10 heteroatoms. The Balaban J connectivity index is 2.09. The van der Waals surface area contributed by atoms with Crippen molar-refractivity contribution in [2.75, 3.05) is 12.8 Å². The summed E-state index contributed by atoms with van der Waals surface area (Å²) in [6.45, 7) is 0. The van der Waals surface area contributed by atoms with Gasteiger partial charge in [0.05, 0.1) is 7.11 Å². The van der Waals surface area contributed by atoms with Crippen LogP contribution in [0.5, 0.6) is 5.75 Å². The molecule has 2 aromatic heterocycles. The van der Waals surface area contributed by atoms with E-state index in [1.165, 1.54) is 7.11 Å². The maximum Gasteiger partial charge on any atom is 0.305 e. The molecule has 0 radical (unpaired) electrons. The van der Waals surface area contributed by atoms with E-state index in [1.54, 1.807) is 24.3 Å². The molecule has 21 heavy (non-hydrogen) atoms. The fraction of sp³-hybridized carbons (Fsp3) is 0.0909. The number of hydrogen-bond donors (Lipinski definition) is 2. The van der Waals surface area contributed by atoms with E-state index in [2.05, 4.69) is 30.7 Å². The van der Waals surface area contributed by atoms with Crippen LogP contribution >= 0.6 is 0 Å². The minimum Gasteiger partial charge on any atom is -0.494 e. The van der Waals surface area contributed by atoms with Crippen LogP contribution < -0.4 is 16.0 Å². The number of para-hydroxylation sites is 1. The predicted octanol–water partition coefficient (Wildman–Crippen LogP) is 0.819. The molecule has 0 amide bonds. The Morgan fingerprint density at radius 3 is 2.95 bits per heavy atom. The van der Waals surface area contributed by atoms with Gasteiger partial charge in [-0.3, -0.25) is 4.79 Å². The van der Waals surface area contributed by atoms with Crippen molar-refractivity contribution in [3.63, 3.8) is 0 Å². The van der Waals surface area contributed by atoms with E-state index in [0.717, 1.165) is 4.52 Å². The molecule has 1 aromatic carbocycles. The summed E-state index contributed by atoms with van der Waals surface area (Å²) in [4.78, 5) is 16.0. The van der Waals surface area contributed by atoms with Gasteiger partial charge in [-0.1, -0.05) is 17.2 Å². The molecule has 0 fully saturated rings. The van der Waals surface area contributed by atoms with Crippen LogP contribution in [-0.4, -0.2) is 32.1 Å². The quantitative estimate of drug-likeness (QED) is 0.684. The van der Waals surface area contributed by atoms with Crippen LogP contribution in [0.2, 0.25) is 0 Å². The number of nitrogen functional groups attached to an aromatic ring is 1. The Labute approximate surface area is 117 Å². The molecular weight excluding hydrogens is 276 g/mol. The topological polar surface area (TPSA) is 136 Å². The molecule has 0 aliphatic heterocycles. The molecule has 0 aliphatic carbocycles. The molecule has 0 saturated carbocycles. The second-order valence-corrected chi connectivity index (χ2v) is 3.96. The minimum absolute atomic E-state index is 0.0636. The second kappa shape index (κ2) is 5.00. The van der Waals surface area contributed by atoms with Crippen LogP contribution in [0.4, 0.5) is 17.2 Å². The Hall–Kier alpha value is -3.30. The monoisotopic (exact) mass is 286 g/mol. The van der Waals surface area contributed by atoms with Crippen molar-refractivity contribution in [1.82, 2.24) is 25.0 Å². The summed E-state index contributed by atoms with van der Waals surface area (Å²) in [6, 6.07) is 6.99. The third-order valence-corrected chi connectivity index (χ3v) is 2.70. The number of aromatic nitrogens is 5. The third kappa shape index (κ3) is 2.18. The highest BCUT2D eigenvalue weighted by Gasteiger charge is 2.12. The third-order valence-electron chi connectivity index (χ3n) is 2.70. The van der Waals surface area contributed by atoms with Crippen molar-refractivity contribution >= 4 is 23.0 Å². The van der Waals surface area contributed by atoms with Crippen LogP contribution in [0, 0.1) is 0 Å². The Morgan fingerprint density at radius 1 is 1.33 bits per heavy atom. The number of fused-ring (bicyclic) bond motifs is 1. The normalized spacial score (nSPS) is 11.3. The highest BCUT2D eigenvalue weighted by molar-refractivity contribution is 5.59. The molecule has 3 rings (SSSR count). The number of anilines is 1. The summed E-state index contributed by atoms with van der Waals surface area (Å²) >= 11 is 0. The van der Waals surface area contributed by atoms with Gasteiger partial charge in [0.1, 0.15) is 11.4 Å². The molecule has 2 heterocycles. The van der Waals surface area contributed by atoms with Gasteiger partial charge in [-0.2, -0.15) is 14.7 Å². The summed E-state index contributed by atoms with van der Waals surface area (Å²) in [5.74, 6) is 0.512. The summed E-state index contributed by atoms with van der Waals surface area (Å²) in [6.07, 6.45) is 0. The summed E-state index contributed by atoms with van der Waals surface area (Å²) in [5, 5.41) is 17.3. The van der Waals surface area contributed by atoms with E-state index >= 15 is 0 Å². The number of azo groups is 1. The number of ether oxygens (including phenoxy) is 1. The van der Waals surface area contributed by atoms with E-state index in [9.17, 15) is 4.79 Å². The SMILES string of the molecule is COc1ccccc1N=Nc1c(N)nc2nn[nH]n2c1=O. The van der Waals surface area contributed by atoms with Crippen LogP contribution in [0.25, 0.3) is 5.78 Å². The standard InChI is InChI=1S/C11H10N8O2/c1-21-7-5-3-2-4-6(7)14-15-8-9(12)13-11-16-17-18-19(11)10(8)20/h2-5H,12H2,1H3,(H,13,16,18). The van der Waals surface area contributed by atoms with Gasteiger partial charge in [0.15, 0.2) is 11.5 Å². The Bertz CT molecular complexity index is 881. The maximum atomic E-state index is 12.1. The molecule has 0 unspecified atom stereocenters. The number of nitrogens with one attached hydrogen (secondary N) is 1. The first-order chi connectivity index (χ1) is 10.2. The minimum atomic E-state index is -0.541. The van der Waals surface area contributed by atoms with E-state index in [0.29, 0.717) is 11.4 Å². The Morgan fingerprint density at radius 2 is 2.14 bits per heavy atom. The van der Waals surface area contributed by atoms with Crippen LogP contribution in [0.1, 0.15) is 0 Å². The first kappa shape index (κ1) is 12.7. The van der Waals surface area contributed by atoms with Crippen LogP contribution in [-0.2, 0) is 0 Å². The van der Waals surface area contributed by atoms with Crippen molar-refractivity contribution in [2.24, 2.45) is 10.2 Å². The molecule has 0 spiro atoms. The second-order valence-electron chi connectivity index (χ2n) is 3.96. The fourth-order valence-corrected chi connectivity index (χ4v) is 1.70.